The van der Waals surface area contributed by atoms with E-state index >= 15 is 0 Å². The molecule has 0 atom stereocenters. The Balaban J connectivity index is 1.58. The molecule has 4 rings (SSSR count). The number of rotatable bonds is 6. The fraction of sp³-hybridized carbons (Fsp3) is 0.192. The Morgan fingerprint density at radius 3 is 2.73 bits per heavy atom. The van der Waals surface area contributed by atoms with Crippen LogP contribution in [0.3, 0.4) is 0 Å². The van der Waals surface area contributed by atoms with E-state index < -0.39 is 17.6 Å². The molecule has 0 saturated heterocycles. The topological polar surface area (TPSA) is 80.5 Å². The van der Waals surface area contributed by atoms with E-state index in [4.69, 9.17) is 16.3 Å². The Morgan fingerprint density at radius 1 is 1.16 bits per heavy atom. The second kappa shape index (κ2) is 10.9. The van der Waals surface area contributed by atoms with Gasteiger partial charge < -0.3 is 15.4 Å². The monoisotopic (exact) mass is 527 g/mol. The average Bonchev–Trinajstić information content (AvgIpc) is 3.25. The number of carbonyl (C=O) groups excluding carboxylic acids is 1. The number of anilines is 2. The number of halogens is 4. The van der Waals surface area contributed by atoms with Crippen molar-refractivity contribution in [3.8, 4) is 11.8 Å². The summed E-state index contributed by atoms with van der Waals surface area (Å²) in [6.45, 7) is 2.83. The number of imidazole rings is 1. The van der Waals surface area contributed by atoms with Gasteiger partial charge in [-0.1, -0.05) is 23.6 Å². The molecule has 0 radical (unpaired) electrons. The van der Waals surface area contributed by atoms with Crippen LogP contribution in [-0.2, 0) is 10.9 Å². The summed E-state index contributed by atoms with van der Waals surface area (Å²) in [5.74, 6) is 6.11. The molecule has 11 heteroatoms. The number of hydrogen-bond acceptors (Lipinski definition) is 5. The molecule has 7 nitrogen and oxygen atoms in total. The summed E-state index contributed by atoms with van der Waals surface area (Å²) in [6, 6.07) is 11.5. The van der Waals surface area contributed by atoms with Crippen LogP contribution in [0.1, 0.15) is 32.7 Å². The Kier molecular flexibility index (Phi) is 7.66. The van der Waals surface area contributed by atoms with Crippen LogP contribution >= 0.6 is 11.6 Å². The lowest BCUT2D eigenvalue weighted by atomic mass is 10.0. The molecule has 0 unspecified atom stereocenters. The molecule has 0 fully saturated rings. The van der Waals surface area contributed by atoms with Gasteiger partial charge in [-0.25, -0.2) is 9.50 Å². The standard InChI is InChI=1S/C26H21ClF3N5O2/c1-16-17(6-7-21-15-32-24-9-8-23(34-35(21)24)31-10-11-37-2)4-3-5-22(16)25(36)33-20-13-18(26(28,29)30)12-19(27)14-20/h3-5,8-9,12-15H,10-11H2,1-2H3,(H,31,34)(H,33,36). The quantitative estimate of drug-likeness (QED) is 0.258. The Labute approximate surface area is 215 Å². The van der Waals surface area contributed by atoms with E-state index in [0.717, 1.165) is 12.1 Å². The van der Waals surface area contributed by atoms with Crippen LogP contribution in [0.2, 0.25) is 5.02 Å². The number of methoxy groups -OCH3 is 1. The van der Waals surface area contributed by atoms with Crippen molar-refractivity contribution in [1.82, 2.24) is 14.6 Å². The number of hydrogen-bond donors (Lipinski definition) is 2. The number of fused-ring (bicyclic) bond motifs is 1. The first-order valence-electron chi connectivity index (χ1n) is 11.0. The van der Waals surface area contributed by atoms with Crippen LogP contribution in [-0.4, -0.2) is 40.8 Å². The molecular formula is C26H21ClF3N5O2. The van der Waals surface area contributed by atoms with Gasteiger partial charge in [0.25, 0.3) is 5.91 Å². The maximum Gasteiger partial charge on any atom is 0.416 e. The molecule has 0 aliphatic heterocycles. The van der Waals surface area contributed by atoms with Gasteiger partial charge in [0.2, 0.25) is 0 Å². The van der Waals surface area contributed by atoms with E-state index in [1.165, 1.54) is 6.07 Å². The highest BCUT2D eigenvalue weighted by atomic mass is 35.5. The van der Waals surface area contributed by atoms with Gasteiger partial charge >= 0.3 is 6.18 Å². The zero-order valence-corrected chi connectivity index (χ0v) is 20.5. The van der Waals surface area contributed by atoms with Crippen LogP contribution in [0.25, 0.3) is 5.65 Å². The zero-order valence-electron chi connectivity index (χ0n) is 19.8. The van der Waals surface area contributed by atoms with Crippen molar-refractivity contribution in [2.24, 2.45) is 0 Å². The first kappa shape index (κ1) is 26.0. The van der Waals surface area contributed by atoms with Gasteiger partial charge in [-0.3, -0.25) is 4.79 Å². The summed E-state index contributed by atoms with van der Waals surface area (Å²) >= 11 is 5.82. The van der Waals surface area contributed by atoms with Gasteiger partial charge in [-0.15, -0.1) is 5.10 Å². The van der Waals surface area contributed by atoms with Gasteiger partial charge in [0.1, 0.15) is 11.5 Å². The number of ether oxygens (including phenoxy) is 1. The molecule has 1 amide bonds. The van der Waals surface area contributed by atoms with Gasteiger partial charge in [0.15, 0.2) is 5.65 Å². The van der Waals surface area contributed by atoms with Gasteiger partial charge in [0, 0.05) is 35.5 Å². The van der Waals surface area contributed by atoms with E-state index in [-0.39, 0.29) is 16.3 Å². The minimum atomic E-state index is -4.59. The number of benzene rings is 2. The number of aromatic nitrogens is 3. The highest BCUT2D eigenvalue weighted by Crippen LogP contribution is 2.33. The summed E-state index contributed by atoms with van der Waals surface area (Å²) < 4.78 is 46.0. The lowest BCUT2D eigenvalue weighted by Crippen LogP contribution is -2.15. The molecule has 0 aliphatic rings. The second-order valence-electron chi connectivity index (χ2n) is 7.96. The van der Waals surface area contributed by atoms with E-state index in [1.807, 2.05) is 6.07 Å². The molecule has 37 heavy (non-hydrogen) atoms. The van der Waals surface area contributed by atoms with Crippen molar-refractivity contribution in [2.75, 3.05) is 30.9 Å². The van der Waals surface area contributed by atoms with E-state index in [9.17, 15) is 18.0 Å². The maximum absolute atomic E-state index is 13.1. The third-order valence-corrected chi connectivity index (χ3v) is 5.58. The molecular weight excluding hydrogens is 507 g/mol. The number of nitrogens with zero attached hydrogens (tertiary/aromatic N) is 3. The lowest BCUT2D eigenvalue weighted by Gasteiger charge is -2.12. The van der Waals surface area contributed by atoms with E-state index in [2.05, 4.69) is 32.6 Å². The van der Waals surface area contributed by atoms with Crippen LogP contribution in [0.4, 0.5) is 24.7 Å². The highest BCUT2D eigenvalue weighted by Gasteiger charge is 2.31. The summed E-state index contributed by atoms with van der Waals surface area (Å²) in [5, 5.41) is 9.99. The third kappa shape index (κ3) is 6.20. The number of alkyl halides is 3. The number of amides is 1. The van der Waals surface area contributed by atoms with Crippen molar-refractivity contribution in [2.45, 2.75) is 13.1 Å². The molecule has 2 heterocycles. The van der Waals surface area contributed by atoms with E-state index in [0.29, 0.717) is 41.4 Å². The summed E-state index contributed by atoms with van der Waals surface area (Å²) in [5.41, 5.74) is 1.54. The van der Waals surface area contributed by atoms with Crippen molar-refractivity contribution in [1.29, 1.82) is 0 Å². The zero-order chi connectivity index (χ0) is 26.6. The van der Waals surface area contributed by atoms with Crippen LogP contribution in [0, 0.1) is 18.8 Å². The van der Waals surface area contributed by atoms with Crippen molar-refractivity contribution >= 4 is 34.7 Å². The van der Waals surface area contributed by atoms with E-state index in [1.54, 1.807) is 49.0 Å². The first-order chi connectivity index (χ1) is 17.7. The van der Waals surface area contributed by atoms with Crippen LogP contribution in [0.5, 0.6) is 0 Å². The van der Waals surface area contributed by atoms with Gasteiger partial charge in [0.05, 0.1) is 18.4 Å². The predicted molar refractivity (Wildman–Crippen MR) is 135 cm³/mol. The average molecular weight is 528 g/mol. The van der Waals surface area contributed by atoms with Crippen LogP contribution in [0.15, 0.2) is 54.7 Å². The number of carbonyl (C=O) groups is 1. The van der Waals surface area contributed by atoms with Crippen molar-refractivity contribution in [3.05, 3.63) is 87.7 Å². The summed E-state index contributed by atoms with van der Waals surface area (Å²) in [4.78, 5) is 17.2. The molecule has 190 valence electrons. The number of nitrogens with one attached hydrogen (secondary N) is 2. The normalized spacial score (nSPS) is 11.2. The Bertz CT molecular complexity index is 1520. The second-order valence-corrected chi connectivity index (χ2v) is 8.40. The largest absolute Gasteiger partial charge is 0.416 e. The maximum atomic E-state index is 13.1. The van der Waals surface area contributed by atoms with Gasteiger partial charge in [-0.05, 0) is 60.9 Å². The fourth-order valence-electron chi connectivity index (χ4n) is 3.51. The predicted octanol–water partition coefficient (Wildman–Crippen LogP) is 5.42. The fourth-order valence-corrected chi connectivity index (χ4v) is 3.74. The molecule has 2 aromatic carbocycles. The SMILES string of the molecule is COCCNc1ccc2ncc(C#Cc3cccc(C(=O)Nc4cc(Cl)cc(C(F)(F)F)c4)c3C)n2n1. The Hall–Kier alpha value is -4.07. The molecule has 4 aromatic rings. The van der Waals surface area contributed by atoms with Crippen LogP contribution < -0.4 is 10.6 Å². The summed E-state index contributed by atoms with van der Waals surface area (Å²) in [7, 11) is 1.61. The van der Waals surface area contributed by atoms with Gasteiger partial charge in [-0.2, -0.15) is 13.2 Å². The Morgan fingerprint density at radius 2 is 1.97 bits per heavy atom. The minimum Gasteiger partial charge on any atom is -0.383 e. The molecule has 2 aromatic heterocycles. The summed E-state index contributed by atoms with van der Waals surface area (Å²) in [6.07, 6.45) is -3.00. The highest BCUT2D eigenvalue weighted by molar-refractivity contribution is 6.31. The molecule has 0 spiro atoms. The molecule has 0 saturated carbocycles. The van der Waals surface area contributed by atoms with Crippen molar-refractivity contribution in [3.63, 3.8) is 0 Å². The third-order valence-electron chi connectivity index (χ3n) is 5.36. The smallest absolute Gasteiger partial charge is 0.383 e. The molecule has 0 bridgehead atoms. The molecule has 2 N–H and O–H groups in total. The van der Waals surface area contributed by atoms with Crippen molar-refractivity contribution < 1.29 is 22.7 Å². The molecule has 0 aliphatic carbocycles. The minimum absolute atomic E-state index is 0.0626. The first-order valence-corrected chi connectivity index (χ1v) is 11.4. The lowest BCUT2D eigenvalue weighted by molar-refractivity contribution is -0.137.